The molecule has 0 radical (unpaired) electrons. The van der Waals surface area contributed by atoms with Gasteiger partial charge >= 0.3 is 0 Å². The van der Waals surface area contributed by atoms with Gasteiger partial charge in [-0.1, -0.05) is 24.4 Å². The Kier molecular flexibility index (Phi) is 5.33. The maximum absolute atomic E-state index is 12.3. The van der Waals surface area contributed by atoms with Gasteiger partial charge in [0.25, 0.3) is 5.91 Å². The van der Waals surface area contributed by atoms with E-state index in [2.05, 4.69) is 15.5 Å². The third-order valence-corrected chi connectivity index (χ3v) is 4.99. The van der Waals surface area contributed by atoms with Gasteiger partial charge in [0, 0.05) is 16.5 Å². The minimum absolute atomic E-state index is 0.0287. The van der Waals surface area contributed by atoms with Gasteiger partial charge in [-0.3, -0.25) is 4.79 Å². The maximum Gasteiger partial charge on any atom is 0.251 e. The summed E-state index contributed by atoms with van der Waals surface area (Å²) in [5.74, 6) is 1.93. The molecule has 5 nitrogen and oxygen atoms in total. The molecule has 1 aliphatic carbocycles. The molecule has 0 spiro atoms. The van der Waals surface area contributed by atoms with Crippen LogP contribution in [0.25, 0.3) is 0 Å². The number of thioether (sulfide) groups is 1. The topological polar surface area (TPSA) is 68.0 Å². The van der Waals surface area contributed by atoms with Gasteiger partial charge in [0.1, 0.15) is 0 Å². The van der Waals surface area contributed by atoms with Crippen molar-refractivity contribution in [2.45, 2.75) is 55.7 Å². The monoisotopic (exact) mass is 331 g/mol. The summed E-state index contributed by atoms with van der Waals surface area (Å²) >= 11 is 1.61. The summed E-state index contributed by atoms with van der Waals surface area (Å²) in [6.45, 7) is 1.80. The first-order valence-electron chi connectivity index (χ1n) is 8.03. The lowest BCUT2D eigenvalue weighted by atomic mass is 9.95. The van der Waals surface area contributed by atoms with E-state index >= 15 is 0 Å². The Morgan fingerprint density at radius 3 is 2.65 bits per heavy atom. The Hall–Kier alpha value is -1.82. The molecule has 1 heterocycles. The van der Waals surface area contributed by atoms with E-state index in [1.54, 1.807) is 18.7 Å². The molecule has 1 fully saturated rings. The summed E-state index contributed by atoms with van der Waals surface area (Å²) in [5.41, 5.74) is 0.716. The second-order valence-electron chi connectivity index (χ2n) is 5.86. The highest BCUT2D eigenvalue weighted by atomic mass is 32.2. The lowest BCUT2D eigenvalue weighted by Gasteiger charge is -2.22. The highest BCUT2D eigenvalue weighted by Crippen LogP contribution is 2.23. The van der Waals surface area contributed by atoms with Crippen LogP contribution < -0.4 is 5.32 Å². The van der Waals surface area contributed by atoms with Crippen molar-refractivity contribution in [2.75, 3.05) is 0 Å². The molecule has 0 saturated heterocycles. The van der Waals surface area contributed by atoms with Crippen LogP contribution in [-0.4, -0.2) is 22.1 Å². The van der Waals surface area contributed by atoms with Gasteiger partial charge in [-0.25, -0.2) is 0 Å². The third-order valence-electron chi connectivity index (χ3n) is 3.99. The molecule has 0 aliphatic heterocycles. The molecule has 1 N–H and O–H groups in total. The van der Waals surface area contributed by atoms with E-state index in [-0.39, 0.29) is 5.91 Å². The molecule has 1 saturated carbocycles. The standard InChI is InChI=1S/C17H21N3O2S/c1-12-18-16(22-20-12)11-23-15-9-7-13(8-10-15)17(21)19-14-5-3-2-4-6-14/h7-10,14H,2-6,11H2,1H3,(H,19,21). The highest BCUT2D eigenvalue weighted by molar-refractivity contribution is 7.98. The summed E-state index contributed by atoms with van der Waals surface area (Å²) in [4.78, 5) is 17.5. The molecule has 2 aromatic rings. The minimum Gasteiger partial charge on any atom is -0.349 e. The molecule has 1 aliphatic rings. The maximum atomic E-state index is 12.3. The molecule has 6 heteroatoms. The first kappa shape index (κ1) is 16.1. The van der Waals surface area contributed by atoms with E-state index in [0.29, 0.717) is 29.1 Å². The predicted octanol–water partition coefficient (Wildman–Crippen LogP) is 3.73. The first-order valence-corrected chi connectivity index (χ1v) is 9.02. The average molecular weight is 331 g/mol. The van der Waals surface area contributed by atoms with Crippen molar-refractivity contribution in [3.05, 3.63) is 41.5 Å². The van der Waals surface area contributed by atoms with Gasteiger partial charge in [-0.15, -0.1) is 11.8 Å². The summed E-state index contributed by atoms with van der Waals surface area (Å²) < 4.78 is 5.09. The molecule has 1 aromatic carbocycles. The van der Waals surface area contributed by atoms with Gasteiger partial charge in [0.05, 0.1) is 5.75 Å². The van der Waals surface area contributed by atoms with E-state index in [0.717, 1.165) is 17.7 Å². The minimum atomic E-state index is 0.0287. The van der Waals surface area contributed by atoms with Crippen LogP contribution in [0.15, 0.2) is 33.7 Å². The lowest BCUT2D eigenvalue weighted by Crippen LogP contribution is -2.36. The van der Waals surface area contributed by atoms with E-state index in [4.69, 9.17) is 4.52 Å². The molecule has 1 amide bonds. The Bertz CT molecular complexity index is 648. The van der Waals surface area contributed by atoms with Crippen molar-refractivity contribution in [3.8, 4) is 0 Å². The van der Waals surface area contributed by atoms with Crippen molar-refractivity contribution in [1.29, 1.82) is 0 Å². The van der Waals surface area contributed by atoms with Crippen LogP contribution in [0, 0.1) is 6.92 Å². The fourth-order valence-corrected chi connectivity index (χ4v) is 3.50. The number of nitrogens with one attached hydrogen (secondary N) is 1. The molecule has 23 heavy (non-hydrogen) atoms. The van der Waals surface area contributed by atoms with E-state index in [1.165, 1.54) is 19.3 Å². The molecule has 1 aromatic heterocycles. The molecule has 0 bridgehead atoms. The van der Waals surface area contributed by atoms with Gasteiger partial charge in [0.15, 0.2) is 5.82 Å². The number of amides is 1. The molecule has 0 atom stereocenters. The van der Waals surface area contributed by atoms with Crippen LogP contribution in [0.2, 0.25) is 0 Å². The number of carbonyl (C=O) groups is 1. The molecular weight excluding hydrogens is 310 g/mol. The summed E-state index contributed by atoms with van der Waals surface area (Å²) in [6.07, 6.45) is 5.93. The number of hydrogen-bond donors (Lipinski definition) is 1. The number of hydrogen-bond acceptors (Lipinski definition) is 5. The number of rotatable bonds is 5. The van der Waals surface area contributed by atoms with Crippen LogP contribution >= 0.6 is 11.8 Å². The Morgan fingerprint density at radius 2 is 2.00 bits per heavy atom. The van der Waals surface area contributed by atoms with Gasteiger partial charge in [-0.2, -0.15) is 4.98 Å². The highest BCUT2D eigenvalue weighted by Gasteiger charge is 2.16. The third kappa shape index (κ3) is 4.58. The van der Waals surface area contributed by atoms with Crippen LogP contribution in [0.5, 0.6) is 0 Å². The van der Waals surface area contributed by atoms with Crippen LogP contribution in [0.4, 0.5) is 0 Å². The van der Waals surface area contributed by atoms with Gasteiger partial charge in [-0.05, 0) is 44.0 Å². The van der Waals surface area contributed by atoms with E-state index in [9.17, 15) is 4.79 Å². The quantitative estimate of drug-likeness (QED) is 0.846. The normalized spacial score (nSPS) is 15.5. The zero-order chi connectivity index (χ0) is 16.1. The SMILES string of the molecule is Cc1noc(CSc2ccc(C(=O)NC3CCCCC3)cc2)n1. The van der Waals surface area contributed by atoms with Crippen LogP contribution in [0.3, 0.4) is 0 Å². The second-order valence-corrected chi connectivity index (χ2v) is 6.91. The molecule has 122 valence electrons. The summed E-state index contributed by atoms with van der Waals surface area (Å²) in [5, 5.41) is 6.91. The largest absolute Gasteiger partial charge is 0.349 e. The van der Waals surface area contributed by atoms with E-state index < -0.39 is 0 Å². The van der Waals surface area contributed by atoms with Gasteiger partial charge < -0.3 is 9.84 Å². The van der Waals surface area contributed by atoms with Gasteiger partial charge in [0.2, 0.25) is 5.89 Å². The molecular formula is C17H21N3O2S. The predicted molar refractivity (Wildman–Crippen MR) is 89.4 cm³/mol. The fraction of sp³-hybridized carbons (Fsp3) is 0.471. The Morgan fingerprint density at radius 1 is 1.26 bits per heavy atom. The number of nitrogens with zero attached hydrogens (tertiary/aromatic N) is 2. The molecule has 0 unspecified atom stereocenters. The Balaban J connectivity index is 1.52. The van der Waals surface area contributed by atoms with E-state index in [1.807, 2.05) is 24.3 Å². The number of aryl methyl sites for hydroxylation is 1. The Labute approximate surface area is 140 Å². The summed E-state index contributed by atoms with van der Waals surface area (Å²) in [7, 11) is 0. The second kappa shape index (κ2) is 7.64. The van der Waals surface area contributed by atoms with Crippen LogP contribution in [-0.2, 0) is 5.75 Å². The first-order chi connectivity index (χ1) is 11.2. The van der Waals surface area contributed by atoms with Crippen molar-refractivity contribution in [2.24, 2.45) is 0 Å². The van der Waals surface area contributed by atoms with Crippen molar-refractivity contribution in [1.82, 2.24) is 15.5 Å². The average Bonchev–Trinajstić information content (AvgIpc) is 3.00. The van der Waals surface area contributed by atoms with Crippen molar-refractivity contribution in [3.63, 3.8) is 0 Å². The summed E-state index contributed by atoms with van der Waals surface area (Å²) in [6, 6.07) is 8.01. The number of benzene rings is 1. The van der Waals surface area contributed by atoms with Crippen LogP contribution in [0.1, 0.15) is 54.2 Å². The smallest absolute Gasteiger partial charge is 0.251 e. The fourth-order valence-electron chi connectivity index (χ4n) is 2.76. The van der Waals surface area contributed by atoms with Crippen molar-refractivity contribution < 1.29 is 9.32 Å². The van der Waals surface area contributed by atoms with Crippen molar-refractivity contribution >= 4 is 17.7 Å². The zero-order valence-electron chi connectivity index (χ0n) is 13.2. The zero-order valence-corrected chi connectivity index (χ0v) is 14.1. The number of aromatic nitrogens is 2. The number of carbonyl (C=O) groups excluding carboxylic acids is 1. The lowest BCUT2D eigenvalue weighted by molar-refractivity contribution is 0.0927. The molecule has 3 rings (SSSR count).